The molecule has 2 fully saturated rings. The fraction of sp³-hybridized carbons (Fsp3) is 0.875. The van der Waals surface area contributed by atoms with Crippen molar-refractivity contribution in [2.75, 3.05) is 40.0 Å². The van der Waals surface area contributed by atoms with Crippen LogP contribution in [0.4, 0.5) is 0 Å². The Balaban J connectivity index is 0.00000288. The second-order valence-corrected chi connectivity index (χ2v) is 6.08. The molecule has 0 aromatic heterocycles. The molecule has 1 amide bonds. The number of nitrogens with one attached hydrogen (secondary N) is 3. The van der Waals surface area contributed by atoms with Gasteiger partial charge in [0.1, 0.15) is 0 Å². The van der Waals surface area contributed by atoms with Crippen LogP contribution in [0, 0.1) is 0 Å². The van der Waals surface area contributed by atoms with Gasteiger partial charge in [-0.1, -0.05) is 0 Å². The Labute approximate surface area is 161 Å². The molecule has 0 bridgehead atoms. The second kappa shape index (κ2) is 12.7. The molecule has 0 radical (unpaired) electrons. The van der Waals surface area contributed by atoms with Gasteiger partial charge >= 0.3 is 0 Å². The molecule has 1 aliphatic heterocycles. The first-order valence-electron chi connectivity index (χ1n) is 8.71. The fourth-order valence-electron chi connectivity index (χ4n) is 2.38. The molecule has 0 aromatic rings. The Morgan fingerprint density at radius 3 is 2.58 bits per heavy atom. The highest BCUT2D eigenvalue weighted by Gasteiger charge is 2.22. The van der Waals surface area contributed by atoms with Crippen LogP contribution in [-0.2, 0) is 14.3 Å². The molecular weight excluding hydrogens is 423 g/mol. The summed E-state index contributed by atoms with van der Waals surface area (Å²) in [6, 6.07) is 0.447. The van der Waals surface area contributed by atoms with Crippen LogP contribution in [0.2, 0.25) is 0 Å². The van der Waals surface area contributed by atoms with Gasteiger partial charge in [-0.2, -0.15) is 0 Å². The number of nitrogens with zero attached hydrogens (tertiary/aromatic N) is 1. The summed E-state index contributed by atoms with van der Waals surface area (Å²) in [6.07, 6.45) is 5.86. The van der Waals surface area contributed by atoms with Crippen molar-refractivity contribution in [1.29, 1.82) is 0 Å². The second-order valence-electron chi connectivity index (χ2n) is 6.08. The topological polar surface area (TPSA) is 84.0 Å². The minimum absolute atomic E-state index is 0. The number of carbonyl (C=O) groups excluding carboxylic acids is 1. The zero-order valence-electron chi connectivity index (χ0n) is 14.5. The zero-order valence-corrected chi connectivity index (χ0v) is 16.8. The summed E-state index contributed by atoms with van der Waals surface area (Å²) < 4.78 is 11.0. The molecule has 1 saturated carbocycles. The maximum absolute atomic E-state index is 11.6. The molecule has 1 heterocycles. The van der Waals surface area contributed by atoms with Crippen molar-refractivity contribution in [3.05, 3.63) is 0 Å². The summed E-state index contributed by atoms with van der Waals surface area (Å²) in [6.45, 7) is 3.84. The van der Waals surface area contributed by atoms with Gasteiger partial charge < -0.3 is 25.4 Å². The average Bonchev–Trinajstić information content (AvgIpc) is 3.20. The number of aliphatic imine (C=N–C) groups is 1. The van der Waals surface area contributed by atoms with Crippen LogP contribution < -0.4 is 16.0 Å². The minimum atomic E-state index is 0. The predicted molar refractivity (Wildman–Crippen MR) is 105 cm³/mol. The Morgan fingerprint density at radius 1 is 1.21 bits per heavy atom. The third-order valence-electron chi connectivity index (χ3n) is 3.89. The van der Waals surface area contributed by atoms with E-state index < -0.39 is 0 Å². The standard InChI is InChI=1S/C16H30N4O3.HI/c1-17-16(18-8-2-4-15(21)20-13-5-6-13)19-9-3-10-23-14-7-11-22-12-14;/h13-14H,2-12H2,1H3,(H,20,21)(H2,17,18,19);1H. The largest absolute Gasteiger partial charge is 0.379 e. The molecule has 1 saturated heterocycles. The molecule has 0 aromatic carbocycles. The summed E-state index contributed by atoms with van der Waals surface area (Å²) >= 11 is 0. The quantitative estimate of drug-likeness (QED) is 0.199. The van der Waals surface area contributed by atoms with Crippen molar-refractivity contribution in [2.45, 2.75) is 50.7 Å². The van der Waals surface area contributed by atoms with E-state index >= 15 is 0 Å². The van der Waals surface area contributed by atoms with E-state index in [2.05, 4.69) is 20.9 Å². The molecule has 3 N–H and O–H groups in total. The first-order chi connectivity index (χ1) is 11.3. The van der Waals surface area contributed by atoms with Crippen molar-refractivity contribution < 1.29 is 14.3 Å². The van der Waals surface area contributed by atoms with Crippen LogP contribution in [0.25, 0.3) is 0 Å². The van der Waals surface area contributed by atoms with E-state index in [0.29, 0.717) is 12.5 Å². The molecular formula is C16H31IN4O3. The first-order valence-corrected chi connectivity index (χ1v) is 8.71. The van der Waals surface area contributed by atoms with Crippen LogP contribution >= 0.6 is 24.0 Å². The number of ether oxygens (including phenoxy) is 2. The van der Waals surface area contributed by atoms with Crippen molar-refractivity contribution >= 4 is 35.8 Å². The highest BCUT2D eigenvalue weighted by atomic mass is 127. The van der Waals surface area contributed by atoms with Gasteiger partial charge in [0.05, 0.1) is 12.7 Å². The van der Waals surface area contributed by atoms with Crippen LogP contribution in [0.15, 0.2) is 4.99 Å². The maximum atomic E-state index is 11.6. The number of rotatable bonds is 10. The molecule has 1 unspecified atom stereocenters. The summed E-state index contributed by atoms with van der Waals surface area (Å²) in [7, 11) is 1.75. The van der Waals surface area contributed by atoms with Crippen molar-refractivity contribution in [1.82, 2.24) is 16.0 Å². The maximum Gasteiger partial charge on any atom is 0.220 e. The Bertz CT molecular complexity index is 386. The predicted octanol–water partition coefficient (Wildman–Crippen LogP) is 1.02. The van der Waals surface area contributed by atoms with E-state index in [1.165, 1.54) is 0 Å². The summed E-state index contributed by atoms with van der Waals surface area (Å²) in [4.78, 5) is 15.7. The highest BCUT2D eigenvalue weighted by Crippen LogP contribution is 2.18. The fourth-order valence-corrected chi connectivity index (χ4v) is 2.38. The van der Waals surface area contributed by atoms with Gasteiger partial charge in [-0.15, -0.1) is 24.0 Å². The lowest BCUT2D eigenvalue weighted by atomic mass is 10.3. The lowest BCUT2D eigenvalue weighted by molar-refractivity contribution is -0.121. The molecule has 7 nitrogen and oxygen atoms in total. The van der Waals surface area contributed by atoms with Gasteiger partial charge in [-0.25, -0.2) is 0 Å². The van der Waals surface area contributed by atoms with E-state index in [9.17, 15) is 4.79 Å². The van der Waals surface area contributed by atoms with E-state index in [1.54, 1.807) is 7.05 Å². The Hall–Kier alpha value is -0.610. The Kier molecular flexibility index (Phi) is 11.4. The third kappa shape index (κ3) is 9.63. The number of hydrogen-bond donors (Lipinski definition) is 3. The van der Waals surface area contributed by atoms with Gasteiger partial charge in [0, 0.05) is 45.8 Å². The molecule has 8 heteroatoms. The lowest BCUT2D eigenvalue weighted by Gasteiger charge is -2.13. The Morgan fingerprint density at radius 2 is 1.96 bits per heavy atom. The number of halogens is 1. The van der Waals surface area contributed by atoms with Gasteiger partial charge in [0.2, 0.25) is 5.91 Å². The van der Waals surface area contributed by atoms with Crippen molar-refractivity contribution in [3.63, 3.8) is 0 Å². The lowest BCUT2D eigenvalue weighted by Crippen LogP contribution is -2.39. The summed E-state index contributed by atoms with van der Waals surface area (Å²) in [5.74, 6) is 0.932. The molecule has 24 heavy (non-hydrogen) atoms. The smallest absolute Gasteiger partial charge is 0.220 e. The zero-order chi connectivity index (χ0) is 16.3. The molecule has 0 spiro atoms. The van der Waals surface area contributed by atoms with Crippen LogP contribution in [0.3, 0.4) is 0 Å². The van der Waals surface area contributed by atoms with Crippen LogP contribution in [0.5, 0.6) is 0 Å². The van der Waals surface area contributed by atoms with Gasteiger partial charge in [-0.3, -0.25) is 9.79 Å². The molecule has 2 rings (SSSR count). The number of guanidine groups is 1. The van der Waals surface area contributed by atoms with Crippen molar-refractivity contribution in [3.8, 4) is 0 Å². The van der Waals surface area contributed by atoms with Gasteiger partial charge in [0.15, 0.2) is 5.96 Å². The highest BCUT2D eigenvalue weighted by molar-refractivity contribution is 14.0. The normalized spacial score (nSPS) is 20.4. The summed E-state index contributed by atoms with van der Waals surface area (Å²) in [5, 5.41) is 9.47. The number of hydrogen-bond acceptors (Lipinski definition) is 4. The molecule has 1 aliphatic carbocycles. The third-order valence-corrected chi connectivity index (χ3v) is 3.89. The van der Waals surface area contributed by atoms with Gasteiger partial charge in [-0.05, 0) is 32.1 Å². The molecule has 140 valence electrons. The van der Waals surface area contributed by atoms with E-state index in [-0.39, 0.29) is 36.0 Å². The van der Waals surface area contributed by atoms with Crippen LogP contribution in [0.1, 0.15) is 38.5 Å². The molecule has 2 aliphatic rings. The number of carbonyl (C=O) groups is 1. The monoisotopic (exact) mass is 454 g/mol. The molecule has 1 atom stereocenters. The average molecular weight is 454 g/mol. The van der Waals surface area contributed by atoms with Crippen molar-refractivity contribution in [2.24, 2.45) is 4.99 Å². The minimum Gasteiger partial charge on any atom is -0.379 e. The number of amides is 1. The first kappa shape index (κ1) is 21.4. The van der Waals surface area contributed by atoms with E-state index in [1.807, 2.05) is 0 Å². The van der Waals surface area contributed by atoms with E-state index in [4.69, 9.17) is 9.47 Å². The van der Waals surface area contributed by atoms with Crippen LogP contribution in [-0.4, -0.2) is 64.0 Å². The SMILES string of the molecule is CN=C(NCCCOC1CCOC1)NCCCC(=O)NC1CC1.I. The summed E-state index contributed by atoms with van der Waals surface area (Å²) in [5.41, 5.74) is 0. The van der Waals surface area contributed by atoms with Gasteiger partial charge in [0.25, 0.3) is 0 Å². The van der Waals surface area contributed by atoms with E-state index in [0.717, 1.165) is 71.0 Å².